The zero-order valence-electron chi connectivity index (χ0n) is 9.31. The van der Waals surface area contributed by atoms with E-state index in [0.29, 0.717) is 5.56 Å². The first-order valence-electron chi connectivity index (χ1n) is 5.14. The van der Waals surface area contributed by atoms with Crippen molar-refractivity contribution >= 4 is 0 Å². The Morgan fingerprint density at radius 2 is 2.19 bits per heavy atom. The fourth-order valence-corrected chi connectivity index (χ4v) is 1.60. The molecule has 1 heterocycles. The van der Waals surface area contributed by atoms with Gasteiger partial charge in [0.1, 0.15) is 5.82 Å². The number of aromatic nitrogens is 2. The molecule has 0 saturated carbocycles. The van der Waals surface area contributed by atoms with E-state index in [1.165, 1.54) is 6.07 Å². The molecule has 0 aliphatic rings. The maximum atomic E-state index is 13.4. The lowest BCUT2D eigenvalue weighted by molar-refractivity contribution is 0.593. The van der Waals surface area contributed by atoms with Gasteiger partial charge >= 0.3 is 0 Å². The summed E-state index contributed by atoms with van der Waals surface area (Å²) in [4.78, 5) is 4.13. The lowest BCUT2D eigenvalue weighted by atomic mass is 10.1. The van der Waals surface area contributed by atoms with Gasteiger partial charge in [0, 0.05) is 23.5 Å². The normalized spacial score (nSPS) is 12.8. The fourth-order valence-electron chi connectivity index (χ4n) is 1.60. The third kappa shape index (κ3) is 1.97. The van der Waals surface area contributed by atoms with Gasteiger partial charge in [0.25, 0.3) is 0 Å². The average Bonchev–Trinajstić information content (AvgIpc) is 2.65. The molecule has 4 heteroatoms. The number of hydrogen-bond acceptors (Lipinski definition) is 2. The first kappa shape index (κ1) is 10.8. The van der Waals surface area contributed by atoms with E-state index >= 15 is 0 Å². The van der Waals surface area contributed by atoms with Crippen molar-refractivity contribution in [1.82, 2.24) is 9.55 Å². The van der Waals surface area contributed by atoms with Crippen LogP contribution in [0.25, 0.3) is 5.69 Å². The van der Waals surface area contributed by atoms with Crippen LogP contribution in [0.15, 0.2) is 30.7 Å². The van der Waals surface area contributed by atoms with Gasteiger partial charge in [-0.25, -0.2) is 9.37 Å². The first-order valence-corrected chi connectivity index (χ1v) is 5.14. The van der Waals surface area contributed by atoms with Crippen molar-refractivity contribution in [3.8, 4) is 5.69 Å². The highest BCUT2D eigenvalue weighted by Crippen LogP contribution is 2.19. The summed E-state index contributed by atoms with van der Waals surface area (Å²) < 4.78 is 15.3. The summed E-state index contributed by atoms with van der Waals surface area (Å²) in [5.74, 6) is -0.268. The molecule has 0 radical (unpaired) electrons. The van der Waals surface area contributed by atoms with Gasteiger partial charge in [0.05, 0.1) is 12.0 Å². The van der Waals surface area contributed by atoms with E-state index in [9.17, 15) is 4.39 Å². The molecule has 0 aliphatic carbocycles. The van der Waals surface area contributed by atoms with Crippen LogP contribution < -0.4 is 5.73 Å². The molecule has 0 fully saturated rings. The van der Waals surface area contributed by atoms with E-state index in [1.807, 2.05) is 17.7 Å². The summed E-state index contributed by atoms with van der Waals surface area (Å²) in [6, 6.07) is 4.58. The highest BCUT2D eigenvalue weighted by molar-refractivity contribution is 5.38. The highest BCUT2D eigenvalue weighted by atomic mass is 19.1. The van der Waals surface area contributed by atoms with Crippen LogP contribution in [0.2, 0.25) is 0 Å². The van der Waals surface area contributed by atoms with Crippen molar-refractivity contribution in [3.05, 3.63) is 47.8 Å². The van der Waals surface area contributed by atoms with Crippen LogP contribution >= 0.6 is 0 Å². The molecule has 0 bridgehead atoms. The van der Waals surface area contributed by atoms with E-state index in [0.717, 1.165) is 11.4 Å². The lowest BCUT2D eigenvalue weighted by Crippen LogP contribution is -2.08. The van der Waals surface area contributed by atoms with Gasteiger partial charge in [-0.2, -0.15) is 0 Å². The van der Waals surface area contributed by atoms with Crippen molar-refractivity contribution in [3.63, 3.8) is 0 Å². The Balaban J connectivity index is 2.47. The number of halogens is 1. The minimum absolute atomic E-state index is 0.268. The molecule has 1 atom stereocenters. The number of hydrogen-bond donors (Lipinski definition) is 1. The standard InChI is InChI=1S/C12H14FN3/c1-8-6-16(7-15-8)10-3-4-12(13)11(5-10)9(2)14/h3-7,9H,14H2,1-2H3. The number of benzene rings is 1. The number of rotatable bonds is 2. The zero-order valence-corrected chi connectivity index (χ0v) is 9.31. The van der Waals surface area contributed by atoms with E-state index in [2.05, 4.69) is 4.98 Å². The molecule has 1 aromatic heterocycles. The van der Waals surface area contributed by atoms with Crippen LogP contribution in [0, 0.1) is 12.7 Å². The van der Waals surface area contributed by atoms with Crippen LogP contribution in [0.4, 0.5) is 4.39 Å². The Morgan fingerprint density at radius 3 is 2.75 bits per heavy atom. The predicted molar refractivity (Wildman–Crippen MR) is 60.9 cm³/mol. The monoisotopic (exact) mass is 219 g/mol. The van der Waals surface area contributed by atoms with Crippen LogP contribution in [0.5, 0.6) is 0 Å². The quantitative estimate of drug-likeness (QED) is 0.842. The molecule has 0 aliphatic heterocycles. The maximum absolute atomic E-state index is 13.4. The second-order valence-corrected chi connectivity index (χ2v) is 3.92. The fraction of sp³-hybridized carbons (Fsp3) is 0.250. The summed E-state index contributed by atoms with van der Waals surface area (Å²) in [5.41, 5.74) is 8.01. The van der Waals surface area contributed by atoms with Crippen molar-refractivity contribution in [2.75, 3.05) is 0 Å². The molecular weight excluding hydrogens is 205 g/mol. The molecule has 84 valence electrons. The predicted octanol–water partition coefficient (Wildman–Crippen LogP) is 2.34. The maximum Gasteiger partial charge on any atom is 0.128 e. The van der Waals surface area contributed by atoms with Crippen LogP contribution in [0.1, 0.15) is 24.2 Å². The smallest absolute Gasteiger partial charge is 0.128 e. The second kappa shape index (κ2) is 4.06. The van der Waals surface area contributed by atoms with Gasteiger partial charge < -0.3 is 10.3 Å². The number of nitrogens with two attached hydrogens (primary N) is 1. The SMILES string of the molecule is Cc1cn(-c2ccc(F)c(C(C)N)c2)cn1. The van der Waals surface area contributed by atoms with Crippen LogP contribution in [-0.2, 0) is 0 Å². The van der Waals surface area contributed by atoms with Crippen molar-refractivity contribution in [2.45, 2.75) is 19.9 Å². The van der Waals surface area contributed by atoms with E-state index in [4.69, 9.17) is 5.73 Å². The van der Waals surface area contributed by atoms with Gasteiger partial charge in [-0.1, -0.05) is 0 Å². The summed E-state index contributed by atoms with van der Waals surface area (Å²) in [6.45, 7) is 3.67. The highest BCUT2D eigenvalue weighted by Gasteiger charge is 2.08. The zero-order chi connectivity index (χ0) is 11.7. The van der Waals surface area contributed by atoms with Gasteiger partial charge in [-0.3, -0.25) is 0 Å². The number of imidazole rings is 1. The first-order chi connectivity index (χ1) is 7.58. The van der Waals surface area contributed by atoms with Crippen LogP contribution in [0.3, 0.4) is 0 Å². The van der Waals surface area contributed by atoms with E-state index < -0.39 is 0 Å². The number of aryl methyl sites for hydroxylation is 1. The van der Waals surface area contributed by atoms with Crippen molar-refractivity contribution < 1.29 is 4.39 Å². The average molecular weight is 219 g/mol. The molecule has 1 unspecified atom stereocenters. The topological polar surface area (TPSA) is 43.8 Å². The summed E-state index contributed by atoms with van der Waals surface area (Å²) >= 11 is 0. The van der Waals surface area contributed by atoms with Crippen molar-refractivity contribution in [2.24, 2.45) is 5.73 Å². The summed E-state index contributed by atoms with van der Waals surface area (Å²) in [5, 5.41) is 0. The molecule has 2 N–H and O–H groups in total. The van der Waals surface area contributed by atoms with Gasteiger partial charge in [0.15, 0.2) is 0 Å². The largest absolute Gasteiger partial charge is 0.324 e. The molecular formula is C12H14FN3. The van der Waals surface area contributed by atoms with Gasteiger partial charge in [-0.15, -0.1) is 0 Å². The summed E-state index contributed by atoms with van der Waals surface area (Å²) in [6.07, 6.45) is 3.59. The van der Waals surface area contributed by atoms with E-state index in [1.54, 1.807) is 25.4 Å². The van der Waals surface area contributed by atoms with E-state index in [-0.39, 0.29) is 11.9 Å². The molecule has 0 spiro atoms. The molecule has 3 nitrogen and oxygen atoms in total. The Bertz CT molecular complexity index is 503. The molecule has 2 rings (SSSR count). The van der Waals surface area contributed by atoms with Gasteiger partial charge in [-0.05, 0) is 32.0 Å². The Kier molecular flexibility index (Phi) is 2.75. The lowest BCUT2D eigenvalue weighted by Gasteiger charge is -2.10. The Labute approximate surface area is 93.7 Å². The minimum Gasteiger partial charge on any atom is -0.324 e. The molecule has 16 heavy (non-hydrogen) atoms. The molecule has 0 saturated heterocycles. The molecule has 1 aromatic carbocycles. The van der Waals surface area contributed by atoms with Crippen LogP contribution in [-0.4, -0.2) is 9.55 Å². The summed E-state index contributed by atoms with van der Waals surface area (Å²) in [7, 11) is 0. The Morgan fingerprint density at radius 1 is 1.44 bits per heavy atom. The van der Waals surface area contributed by atoms with Crippen molar-refractivity contribution in [1.29, 1.82) is 0 Å². The minimum atomic E-state index is -0.315. The Hall–Kier alpha value is -1.68. The van der Waals surface area contributed by atoms with Gasteiger partial charge in [0.2, 0.25) is 0 Å². The third-order valence-electron chi connectivity index (χ3n) is 2.48. The molecule has 0 amide bonds. The third-order valence-corrected chi connectivity index (χ3v) is 2.48. The number of nitrogens with zero attached hydrogens (tertiary/aromatic N) is 2. The second-order valence-electron chi connectivity index (χ2n) is 3.92. The molecule has 2 aromatic rings.